The van der Waals surface area contributed by atoms with Crippen LogP contribution >= 0.6 is 0 Å². The standard InChI is InChI=1S/C15H17NO2/c1-2-9-4-3-5-11-12-8-10(15(17)18)6-7-13(12)16-14(9)11/h3-5,10,16H,2,6-8H2,1H3,(H,17,18). The summed E-state index contributed by atoms with van der Waals surface area (Å²) in [7, 11) is 0. The predicted octanol–water partition coefficient (Wildman–Crippen LogP) is 2.92. The van der Waals surface area contributed by atoms with Gasteiger partial charge in [-0.3, -0.25) is 4.79 Å². The lowest BCUT2D eigenvalue weighted by atomic mass is 9.86. The average Bonchev–Trinajstić information content (AvgIpc) is 2.76. The van der Waals surface area contributed by atoms with Crippen LogP contribution in [0.2, 0.25) is 0 Å². The zero-order valence-electron chi connectivity index (χ0n) is 10.5. The summed E-state index contributed by atoms with van der Waals surface area (Å²) >= 11 is 0. The van der Waals surface area contributed by atoms with Crippen molar-refractivity contribution in [2.45, 2.75) is 32.6 Å². The fourth-order valence-corrected chi connectivity index (χ4v) is 3.01. The Bertz CT molecular complexity index is 612. The first-order chi connectivity index (χ1) is 8.70. The van der Waals surface area contributed by atoms with Gasteiger partial charge in [-0.2, -0.15) is 0 Å². The smallest absolute Gasteiger partial charge is 0.306 e. The number of hydrogen-bond donors (Lipinski definition) is 2. The third kappa shape index (κ3) is 1.62. The van der Waals surface area contributed by atoms with Crippen LogP contribution < -0.4 is 0 Å². The summed E-state index contributed by atoms with van der Waals surface area (Å²) in [5.74, 6) is -0.886. The Balaban J connectivity index is 2.14. The third-order valence-corrected chi connectivity index (χ3v) is 4.04. The van der Waals surface area contributed by atoms with Gasteiger partial charge in [0.2, 0.25) is 0 Å². The molecule has 1 atom stereocenters. The summed E-state index contributed by atoms with van der Waals surface area (Å²) < 4.78 is 0. The summed E-state index contributed by atoms with van der Waals surface area (Å²) in [4.78, 5) is 14.6. The number of carboxylic acids is 1. The van der Waals surface area contributed by atoms with Gasteiger partial charge in [-0.15, -0.1) is 0 Å². The van der Waals surface area contributed by atoms with E-state index in [1.165, 1.54) is 27.7 Å². The highest BCUT2D eigenvalue weighted by atomic mass is 16.4. The van der Waals surface area contributed by atoms with Crippen molar-refractivity contribution in [2.75, 3.05) is 0 Å². The quantitative estimate of drug-likeness (QED) is 0.852. The highest BCUT2D eigenvalue weighted by Crippen LogP contribution is 2.33. The molecule has 1 heterocycles. The SMILES string of the molecule is CCc1cccc2c3c([nH]c12)CCC(C(=O)O)C3. The zero-order valence-corrected chi connectivity index (χ0v) is 10.5. The molecule has 0 radical (unpaired) electrons. The van der Waals surface area contributed by atoms with Crippen molar-refractivity contribution in [2.24, 2.45) is 5.92 Å². The number of hydrogen-bond acceptors (Lipinski definition) is 1. The molecule has 2 aromatic rings. The van der Waals surface area contributed by atoms with E-state index < -0.39 is 5.97 Å². The largest absolute Gasteiger partial charge is 0.481 e. The Morgan fingerprint density at radius 1 is 1.50 bits per heavy atom. The first kappa shape index (κ1) is 11.3. The molecule has 18 heavy (non-hydrogen) atoms. The number of aromatic nitrogens is 1. The molecular weight excluding hydrogens is 226 g/mol. The second-order valence-electron chi connectivity index (χ2n) is 5.05. The molecule has 0 aliphatic heterocycles. The molecular formula is C15H17NO2. The normalized spacial score (nSPS) is 18.8. The van der Waals surface area contributed by atoms with Crippen LogP contribution in [0.3, 0.4) is 0 Å². The van der Waals surface area contributed by atoms with Crippen molar-refractivity contribution in [3.05, 3.63) is 35.0 Å². The van der Waals surface area contributed by atoms with Gasteiger partial charge in [0.25, 0.3) is 0 Å². The molecule has 0 amide bonds. The molecule has 2 N–H and O–H groups in total. The third-order valence-electron chi connectivity index (χ3n) is 4.04. The van der Waals surface area contributed by atoms with Gasteiger partial charge in [-0.25, -0.2) is 0 Å². The summed E-state index contributed by atoms with van der Waals surface area (Å²) in [6.07, 6.45) is 3.26. The minimum Gasteiger partial charge on any atom is -0.481 e. The number of carbonyl (C=O) groups is 1. The number of nitrogens with one attached hydrogen (secondary N) is 1. The fourth-order valence-electron chi connectivity index (χ4n) is 3.01. The average molecular weight is 243 g/mol. The van der Waals surface area contributed by atoms with Gasteiger partial charge in [0.1, 0.15) is 0 Å². The molecule has 0 fully saturated rings. The Morgan fingerprint density at radius 3 is 3.06 bits per heavy atom. The van der Waals surface area contributed by atoms with Crippen molar-refractivity contribution in [1.29, 1.82) is 0 Å². The number of carboxylic acid groups (broad SMARTS) is 1. The number of rotatable bonds is 2. The summed E-state index contributed by atoms with van der Waals surface area (Å²) in [6, 6.07) is 6.31. The maximum Gasteiger partial charge on any atom is 0.306 e. The molecule has 0 spiro atoms. The van der Waals surface area contributed by atoms with Gasteiger partial charge in [0, 0.05) is 16.6 Å². The Morgan fingerprint density at radius 2 is 2.33 bits per heavy atom. The predicted molar refractivity (Wildman–Crippen MR) is 70.8 cm³/mol. The van der Waals surface area contributed by atoms with Crippen LogP contribution in [0.4, 0.5) is 0 Å². The topological polar surface area (TPSA) is 53.1 Å². The Kier molecular flexibility index (Phi) is 2.62. The number of aryl methyl sites for hydroxylation is 2. The molecule has 1 unspecified atom stereocenters. The van der Waals surface area contributed by atoms with Crippen LogP contribution in [0, 0.1) is 5.92 Å². The second-order valence-corrected chi connectivity index (χ2v) is 5.05. The van der Waals surface area contributed by atoms with E-state index in [0.717, 1.165) is 19.3 Å². The van der Waals surface area contributed by atoms with Gasteiger partial charge >= 0.3 is 5.97 Å². The van der Waals surface area contributed by atoms with E-state index in [1.807, 2.05) is 0 Å². The first-order valence-electron chi connectivity index (χ1n) is 6.54. The Hall–Kier alpha value is -1.77. The van der Waals surface area contributed by atoms with Gasteiger partial charge in [0.05, 0.1) is 5.92 Å². The van der Waals surface area contributed by atoms with Crippen molar-refractivity contribution < 1.29 is 9.90 Å². The maximum atomic E-state index is 11.1. The fraction of sp³-hybridized carbons (Fsp3) is 0.400. The molecule has 1 aliphatic carbocycles. The Labute approximate surface area is 106 Å². The lowest BCUT2D eigenvalue weighted by Crippen LogP contribution is -2.21. The van der Waals surface area contributed by atoms with Gasteiger partial charge in [0.15, 0.2) is 0 Å². The van der Waals surface area contributed by atoms with E-state index in [1.54, 1.807) is 0 Å². The van der Waals surface area contributed by atoms with Crippen LogP contribution in [-0.2, 0) is 24.1 Å². The summed E-state index contributed by atoms with van der Waals surface area (Å²) in [5.41, 5.74) is 4.98. The zero-order chi connectivity index (χ0) is 12.7. The monoisotopic (exact) mass is 243 g/mol. The number of benzene rings is 1. The lowest BCUT2D eigenvalue weighted by Gasteiger charge is -2.18. The molecule has 3 nitrogen and oxygen atoms in total. The highest BCUT2D eigenvalue weighted by Gasteiger charge is 2.27. The molecule has 1 aromatic carbocycles. The minimum atomic E-state index is -0.665. The highest BCUT2D eigenvalue weighted by molar-refractivity contribution is 5.88. The van der Waals surface area contributed by atoms with Crippen LogP contribution in [0.1, 0.15) is 30.2 Å². The molecule has 94 valence electrons. The van der Waals surface area contributed by atoms with Crippen molar-refractivity contribution in [3.8, 4) is 0 Å². The number of para-hydroxylation sites is 1. The molecule has 0 bridgehead atoms. The van der Waals surface area contributed by atoms with Gasteiger partial charge in [-0.1, -0.05) is 25.1 Å². The van der Waals surface area contributed by atoms with Crippen molar-refractivity contribution in [3.63, 3.8) is 0 Å². The number of aromatic amines is 1. The summed E-state index contributed by atoms with van der Waals surface area (Å²) in [5, 5.41) is 10.4. The molecule has 3 rings (SSSR count). The van der Waals surface area contributed by atoms with Crippen LogP contribution in [0.15, 0.2) is 18.2 Å². The van der Waals surface area contributed by atoms with E-state index in [2.05, 4.69) is 30.1 Å². The molecule has 3 heteroatoms. The van der Waals surface area contributed by atoms with Crippen molar-refractivity contribution in [1.82, 2.24) is 4.98 Å². The lowest BCUT2D eigenvalue weighted by molar-refractivity contribution is -0.142. The maximum absolute atomic E-state index is 11.1. The van der Waals surface area contributed by atoms with Gasteiger partial charge in [-0.05, 0) is 36.8 Å². The van der Waals surface area contributed by atoms with Gasteiger partial charge < -0.3 is 10.1 Å². The van der Waals surface area contributed by atoms with E-state index in [4.69, 9.17) is 5.11 Å². The molecule has 0 saturated heterocycles. The van der Waals surface area contributed by atoms with Crippen molar-refractivity contribution >= 4 is 16.9 Å². The van der Waals surface area contributed by atoms with Crippen LogP contribution in [-0.4, -0.2) is 16.1 Å². The number of H-pyrrole nitrogens is 1. The minimum absolute atomic E-state index is 0.221. The molecule has 1 aliphatic rings. The van der Waals surface area contributed by atoms with E-state index in [9.17, 15) is 4.79 Å². The second kappa shape index (κ2) is 4.16. The van der Waals surface area contributed by atoms with E-state index in [-0.39, 0.29) is 5.92 Å². The van der Waals surface area contributed by atoms with Crippen LogP contribution in [0.5, 0.6) is 0 Å². The summed E-state index contributed by atoms with van der Waals surface area (Å²) in [6.45, 7) is 2.15. The first-order valence-corrected chi connectivity index (χ1v) is 6.54. The van der Waals surface area contributed by atoms with Crippen LogP contribution in [0.25, 0.3) is 10.9 Å². The van der Waals surface area contributed by atoms with E-state index in [0.29, 0.717) is 6.42 Å². The number of fused-ring (bicyclic) bond motifs is 3. The van der Waals surface area contributed by atoms with E-state index >= 15 is 0 Å². The number of aliphatic carboxylic acids is 1. The molecule has 1 aromatic heterocycles. The molecule has 0 saturated carbocycles.